The number of alkyl halides is 3. The van der Waals surface area contributed by atoms with Crippen LogP contribution in [-0.2, 0) is 9.59 Å². The Morgan fingerprint density at radius 1 is 0.952 bits per heavy atom. The lowest BCUT2D eigenvalue weighted by molar-refractivity contribution is -0.192. The van der Waals surface area contributed by atoms with Gasteiger partial charge in [-0.05, 0) is 48.9 Å². The van der Waals surface area contributed by atoms with Gasteiger partial charge in [-0.1, -0.05) is 25.1 Å². The van der Waals surface area contributed by atoms with Gasteiger partial charge >= 0.3 is 12.1 Å². The number of para-hydroxylation sites is 1. The van der Waals surface area contributed by atoms with E-state index >= 15 is 0 Å². The standard InChI is InChI=1S/C26H31N5O4.C2HF3O2/c1-4-14-35-21-16-23(34-3)22(33-2)15-20(21)24(26(32)31-30-19-8-6-5-7-9-19)29-18-12-10-17(11-13-18)25(27)28;3-2(4,5)1(6)7/h5-13,15-16,24,29-30H,4,14H2,1-3H3,(H3,27,28)(H,31,32);(H,6,7). The van der Waals surface area contributed by atoms with Crippen LogP contribution in [0, 0.1) is 5.41 Å². The van der Waals surface area contributed by atoms with E-state index in [-0.39, 0.29) is 11.7 Å². The molecule has 0 radical (unpaired) electrons. The Bertz CT molecular complexity index is 1340. The fourth-order valence-corrected chi connectivity index (χ4v) is 3.36. The first-order valence-electron chi connectivity index (χ1n) is 12.4. The summed E-state index contributed by atoms with van der Waals surface area (Å²) >= 11 is 0. The van der Waals surface area contributed by atoms with E-state index in [2.05, 4.69) is 16.2 Å². The average Bonchev–Trinajstić information content (AvgIpc) is 2.97. The number of rotatable bonds is 12. The molecule has 0 bridgehead atoms. The Morgan fingerprint density at radius 3 is 2.02 bits per heavy atom. The first kappa shape index (κ1) is 33.1. The van der Waals surface area contributed by atoms with Gasteiger partial charge in [0.05, 0.1) is 26.5 Å². The van der Waals surface area contributed by atoms with Gasteiger partial charge < -0.3 is 30.4 Å². The molecule has 0 spiro atoms. The molecule has 1 amide bonds. The smallest absolute Gasteiger partial charge is 0.490 e. The number of hydrogen-bond donors (Lipinski definition) is 6. The molecule has 0 heterocycles. The SMILES string of the molecule is CCCOc1cc(OC)c(OC)cc1C(Nc1ccc(C(=N)N)cc1)C(=O)NNc1ccccc1.O=C(O)C(F)(F)F. The lowest BCUT2D eigenvalue weighted by Crippen LogP contribution is -2.37. The molecule has 42 heavy (non-hydrogen) atoms. The highest BCUT2D eigenvalue weighted by atomic mass is 19.4. The Hall–Kier alpha value is -5.14. The zero-order valence-corrected chi connectivity index (χ0v) is 23.0. The van der Waals surface area contributed by atoms with Gasteiger partial charge in [0.2, 0.25) is 0 Å². The summed E-state index contributed by atoms with van der Waals surface area (Å²) in [4.78, 5) is 22.4. The predicted octanol–water partition coefficient (Wildman–Crippen LogP) is 4.71. The molecule has 226 valence electrons. The number of nitrogens with two attached hydrogens (primary N) is 1. The van der Waals surface area contributed by atoms with Crippen molar-refractivity contribution in [3.63, 3.8) is 0 Å². The number of carboxylic acids is 1. The van der Waals surface area contributed by atoms with E-state index < -0.39 is 18.2 Å². The minimum Gasteiger partial charge on any atom is -0.493 e. The largest absolute Gasteiger partial charge is 0.493 e. The molecule has 0 fully saturated rings. The van der Waals surface area contributed by atoms with Gasteiger partial charge in [-0.15, -0.1) is 0 Å². The number of benzene rings is 3. The number of anilines is 2. The summed E-state index contributed by atoms with van der Waals surface area (Å²) in [5, 5.41) is 18.0. The molecule has 0 saturated carbocycles. The van der Waals surface area contributed by atoms with Crippen LogP contribution in [-0.4, -0.2) is 49.8 Å². The summed E-state index contributed by atoms with van der Waals surface area (Å²) < 4.78 is 48.7. The highest BCUT2D eigenvalue weighted by Gasteiger charge is 2.38. The third-order valence-corrected chi connectivity index (χ3v) is 5.40. The molecular weight excluding hydrogens is 559 g/mol. The molecule has 0 aliphatic carbocycles. The number of ether oxygens (including phenoxy) is 3. The second-order valence-electron chi connectivity index (χ2n) is 8.45. The van der Waals surface area contributed by atoms with Crippen LogP contribution in [0.4, 0.5) is 24.5 Å². The number of amides is 1. The highest BCUT2D eigenvalue weighted by molar-refractivity contribution is 5.95. The minimum absolute atomic E-state index is 0.0342. The summed E-state index contributed by atoms with van der Waals surface area (Å²) in [7, 11) is 3.08. The average molecular weight is 592 g/mol. The van der Waals surface area contributed by atoms with Crippen LogP contribution in [0.25, 0.3) is 0 Å². The van der Waals surface area contributed by atoms with Crippen molar-refractivity contribution in [1.82, 2.24) is 5.43 Å². The number of methoxy groups -OCH3 is 2. The number of carbonyl (C=O) groups excluding carboxylic acids is 1. The van der Waals surface area contributed by atoms with E-state index in [1.54, 1.807) is 43.5 Å². The van der Waals surface area contributed by atoms with Gasteiger partial charge in [-0.3, -0.25) is 21.1 Å². The Kier molecular flexibility index (Phi) is 12.3. The summed E-state index contributed by atoms with van der Waals surface area (Å²) in [6, 6.07) is 18.8. The van der Waals surface area contributed by atoms with E-state index in [1.807, 2.05) is 37.3 Å². The summed E-state index contributed by atoms with van der Waals surface area (Å²) in [6.45, 7) is 2.47. The number of hydrogen-bond acceptors (Lipinski definition) is 8. The molecule has 0 aromatic heterocycles. The molecule has 3 aromatic rings. The van der Waals surface area contributed by atoms with Crippen LogP contribution >= 0.6 is 0 Å². The van der Waals surface area contributed by atoms with Crippen molar-refractivity contribution in [2.75, 3.05) is 31.6 Å². The normalized spacial score (nSPS) is 11.2. The molecule has 11 nitrogen and oxygen atoms in total. The number of aliphatic carboxylic acids is 1. The maximum atomic E-state index is 13.5. The third-order valence-electron chi connectivity index (χ3n) is 5.40. The van der Waals surface area contributed by atoms with Crippen molar-refractivity contribution in [3.8, 4) is 17.2 Å². The van der Waals surface area contributed by atoms with Crippen molar-refractivity contribution >= 4 is 29.1 Å². The number of amidine groups is 1. The van der Waals surface area contributed by atoms with Crippen LogP contribution in [0.5, 0.6) is 17.2 Å². The molecule has 14 heteroatoms. The zero-order chi connectivity index (χ0) is 31.3. The van der Waals surface area contributed by atoms with Crippen molar-refractivity contribution in [1.29, 1.82) is 5.41 Å². The van der Waals surface area contributed by atoms with E-state index in [9.17, 15) is 18.0 Å². The van der Waals surface area contributed by atoms with E-state index in [0.29, 0.717) is 40.7 Å². The van der Waals surface area contributed by atoms with Gasteiger partial charge in [-0.2, -0.15) is 13.2 Å². The van der Waals surface area contributed by atoms with Crippen molar-refractivity contribution in [2.45, 2.75) is 25.6 Å². The van der Waals surface area contributed by atoms with Crippen LogP contribution in [0.2, 0.25) is 0 Å². The summed E-state index contributed by atoms with van der Waals surface area (Å²) in [5.74, 6) is -1.68. The number of nitrogen functional groups attached to an aromatic ring is 1. The molecule has 3 rings (SSSR count). The molecule has 0 aliphatic rings. The Labute approximate surface area is 240 Å². The highest BCUT2D eigenvalue weighted by Crippen LogP contribution is 2.39. The lowest BCUT2D eigenvalue weighted by atomic mass is 10.0. The third kappa shape index (κ3) is 9.80. The molecule has 3 aromatic carbocycles. The second kappa shape index (κ2) is 15.6. The molecule has 1 unspecified atom stereocenters. The van der Waals surface area contributed by atoms with Crippen LogP contribution in [0.1, 0.15) is 30.5 Å². The number of halogens is 3. The minimum atomic E-state index is -5.08. The van der Waals surface area contributed by atoms with Crippen LogP contribution in [0.3, 0.4) is 0 Å². The summed E-state index contributed by atoms with van der Waals surface area (Å²) in [5.41, 5.74) is 13.8. The van der Waals surface area contributed by atoms with E-state index in [1.165, 1.54) is 7.11 Å². The molecule has 7 N–H and O–H groups in total. The molecular formula is C28H32F3N5O6. The van der Waals surface area contributed by atoms with Crippen molar-refractivity contribution in [3.05, 3.63) is 77.9 Å². The topological polar surface area (TPSA) is 168 Å². The fourth-order valence-electron chi connectivity index (χ4n) is 3.36. The van der Waals surface area contributed by atoms with Crippen LogP contribution in [0.15, 0.2) is 66.7 Å². The van der Waals surface area contributed by atoms with E-state index in [0.717, 1.165) is 12.1 Å². The van der Waals surface area contributed by atoms with Gasteiger partial charge in [0.1, 0.15) is 17.6 Å². The maximum Gasteiger partial charge on any atom is 0.490 e. The maximum absolute atomic E-state index is 13.5. The number of carboxylic acid groups (broad SMARTS) is 1. The first-order chi connectivity index (χ1) is 19.9. The monoisotopic (exact) mass is 591 g/mol. The molecule has 1 atom stereocenters. The van der Waals surface area contributed by atoms with Gasteiger partial charge in [-0.25, -0.2) is 4.79 Å². The van der Waals surface area contributed by atoms with Gasteiger partial charge in [0.25, 0.3) is 5.91 Å². The second-order valence-corrected chi connectivity index (χ2v) is 8.45. The molecule has 0 saturated heterocycles. The fraction of sp³-hybridized carbons (Fsp3) is 0.250. The van der Waals surface area contributed by atoms with Crippen molar-refractivity contribution < 1.29 is 42.1 Å². The number of carbonyl (C=O) groups is 2. The number of hydrazine groups is 1. The van der Waals surface area contributed by atoms with Gasteiger partial charge in [0.15, 0.2) is 11.5 Å². The first-order valence-corrected chi connectivity index (χ1v) is 12.4. The van der Waals surface area contributed by atoms with Crippen molar-refractivity contribution in [2.24, 2.45) is 5.73 Å². The quantitative estimate of drug-likeness (QED) is 0.0993. The lowest BCUT2D eigenvalue weighted by Gasteiger charge is -2.24. The zero-order valence-electron chi connectivity index (χ0n) is 23.0. The number of nitrogens with one attached hydrogen (secondary N) is 4. The summed E-state index contributed by atoms with van der Waals surface area (Å²) in [6.07, 6.45) is -4.29. The molecule has 0 aliphatic heterocycles. The predicted molar refractivity (Wildman–Crippen MR) is 151 cm³/mol. The Balaban J connectivity index is 0.000000782. The Morgan fingerprint density at radius 2 is 1.52 bits per heavy atom. The van der Waals surface area contributed by atoms with E-state index in [4.69, 9.17) is 35.3 Å². The van der Waals surface area contributed by atoms with Gasteiger partial charge in [0, 0.05) is 22.9 Å². The van der Waals surface area contributed by atoms with Crippen LogP contribution < -0.4 is 36.1 Å².